The van der Waals surface area contributed by atoms with E-state index >= 15 is 0 Å². The van der Waals surface area contributed by atoms with E-state index in [9.17, 15) is 13.8 Å². The van der Waals surface area contributed by atoms with Crippen LogP contribution >= 0.6 is 118 Å². The fourth-order valence-electron chi connectivity index (χ4n) is 1.96. The van der Waals surface area contributed by atoms with Crippen molar-refractivity contribution in [3.8, 4) is 0 Å². The zero-order valence-corrected chi connectivity index (χ0v) is 33.6. The summed E-state index contributed by atoms with van der Waals surface area (Å²) in [4.78, 5) is 41.4. The van der Waals surface area contributed by atoms with Crippen molar-refractivity contribution in [3.05, 3.63) is 0 Å². The van der Waals surface area contributed by atoms with Crippen molar-refractivity contribution in [3.63, 3.8) is 0 Å². The van der Waals surface area contributed by atoms with E-state index in [1.54, 1.807) is 94.1 Å². The molecule has 0 saturated carbocycles. The second-order valence-electron chi connectivity index (χ2n) is 7.28. The summed E-state index contributed by atoms with van der Waals surface area (Å²) in [6.07, 6.45) is 2.02. The molecule has 4 N–H and O–H groups in total. The molecule has 0 radical (unpaired) electrons. The van der Waals surface area contributed by atoms with Crippen molar-refractivity contribution >= 4 is 152 Å². The lowest BCUT2D eigenvalue weighted by Gasteiger charge is -2.06. The molecule has 0 aromatic rings. The number of aliphatic hydroxyl groups is 2. The highest BCUT2D eigenvalue weighted by Gasteiger charge is 2.02. The molecule has 45 heavy (non-hydrogen) atoms. The van der Waals surface area contributed by atoms with E-state index in [1.807, 2.05) is 0 Å². The zero-order chi connectivity index (χ0) is 32.9. The molecule has 0 saturated heterocycles. The van der Waals surface area contributed by atoms with Gasteiger partial charge < -0.3 is 30.5 Å². The van der Waals surface area contributed by atoms with Crippen LogP contribution in [0.2, 0.25) is 0 Å². The van der Waals surface area contributed by atoms with E-state index < -0.39 is 16.9 Å². The Balaban J connectivity index is 3.28. The minimum absolute atomic E-state index is 0.0437. The van der Waals surface area contributed by atoms with Crippen LogP contribution in [0.15, 0.2) is 9.98 Å². The molecule has 0 aliphatic rings. The third-order valence-corrected chi connectivity index (χ3v) is 15.7. The number of hydrogen-bond donors (Lipinski definition) is 4. The molecule has 0 fully saturated rings. The minimum Gasteiger partial charge on any atom is -0.438 e. The van der Waals surface area contributed by atoms with Crippen molar-refractivity contribution in [2.45, 2.75) is 12.8 Å². The average molecular weight is 843 g/mol. The van der Waals surface area contributed by atoms with Crippen LogP contribution in [0.1, 0.15) is 12.8 Å². The van der Waals surface area contributed by atoms with Crippen molar-refractivity contribution < 1.29 is 38.5 Å². The largest absolute Gasteiger partial charge is 0.438 e. The standard InChI is InChI=1S/C22H42N4O8S11/c27-3-1-5-44-22(30)26-11-38-18-41-15-35-8-23-7-33-34-14-40-20-43-19-39-13-32-21(29)25-10-37-17-42-16-36-9-24-12-45(31)6-2-4-28/h7,12,27-28H,1-6,8-11,13-20H2,(H,25,29)(H,26,30). The van der Waals surface area contributed by atoms with Gasteiger partial charge in [0.1, 0.15) is 11.9 Å². The Kier molecular flexibility index (Phi) is 41.1. The summed E-state index contributed by atoms with van der Waals surface area (Å²) < 4.78 is 16.6. The maximum atomic E-state index is 11.7. The molecule has 264 valence electrons. The van der Waals surface area contributed by atoms with Gasteiger partial charge >= 0.3 is 6.09 Å². The minimum atomic E-state index is -1.10. The number of rotatable bonds is 33. The Hall–Kier alpha value is 1.41. The number of hydrogen-bond acceptors (Lipinski definition) is 20. The topological polar surface area (TPSA) is 168 Å². The van der Waals surface area contributed by atoms with E-state index in [0.717, 1.165) is 30.5 Å². The first-order chi connectivity index (χ1) is 22.1. The lowest BCUT2D eigenvalue weighted by Crippen LogP contribution is -2.23. The first-order valence-electron chi connectivity index (χ1n) is 13.0. The normalized spacial score (nSPS) is 12.1. The summed E-state index contributed by atoms with van der Waals surface area (Å²) in [5.41, 5.74) is 1.45. The molecule has 1 atom stereocenters. The molecule has 12 nitrogen and oxygen atoms in total. The lowest BCUT2D eigenvalue weighted by molar-refractivity contribution is -0.196. The third kappa shape index (κ3) is 39.7. The third-order valence-electron chi connectivity index (χ3n) is 3.79. The number of carbonyl (C=O) groups excluding carboxylic acids is 2. The number of nitrogens with one attached hydrogen (secondary N) is 2. The zero-order valence-electron chi connectivity index (χ0n) is 24.6. The molecule has 0 aliphatic heterocycles. The van der Waals surface area contributed by atoms with E-state index in [0.29, 0.717) is 59.7 Å². The summed E-state index contributed by atoms with van der Waals surface area (Å²) in [5.74, 6) is 3.94. The highest BCUT2D eigenvalue weighted by Crippen LogP contribution is 2.19. The molecule has 0 aromatic heterocycles. The van der Waals surface area contributed by atoms with Gasteiger partial charge in [0.15, 0.2) is 0 Å². The Morgan fingerprint density at radius 3 is 2.02 bits per heavy atom. The number of aliphatic imine (C=N–C) groups is 2. The van der Waals surface area contributed by atoms with Crippen molar-refractivity contribution in [1.82, 2.24) is 10.6 Å². The second-order valence-corrected chi connectivity index (χ2v) is 20.6. The number of nitrogens with zero attached hydrogens (tertiary/aromatic N) is 2. The summed E-state index contributed by atoms with van der Waals surface area (Å²) in [6, 6.07) is 0. The molecule has 0 rings (SSSR count). The monoisotopic (exact) mass is 842 g/mol. The maximum Gasteiger partial charge on any atom is 0.408 e. The number of amides is 2. The van der Waals surface area contributed by atoms with Crippen molar-refractivity contribution in [2.75, 3.05) is 90.6 Å². The second kappa shape index (κ2) is 39.8. The van der Waals surface area contributed by atoms with Crippen molar-refractivity contribution in [1.29, 1.82) is 0 Å². The number of thioether (sulfide) groups is 10. The van der Waals surface area contributed by atoms with Gasteiger partial charge in [-0.3, -0.25) is 14.0 Å². The first-order valence-corrected chi connectivity index (χ1v) is 25.7. The van der Waals surface area contributed by atoms with Crippen LogP contribution in [0, 0.1) is 0 Å². The summed E-state index contributed by atoms with van der Waals surface area (Å²) in [6.45, 7) is 0.152. The van der Waals surface area contributed by atoms with Gasteiger partial charge in [0.2, 0.25) is 6.40 Å². The fraction of sp³-hybridized carbons (Fsp3) is 0.818. The van der Waals surface area contributed by atoms with Gasteiger partial charge in [-0.05, 0) is 12.8 Å². The average Bonchev–Trinajstić information content (AvgIpc) is 3.03. The summed E-state index contributed by atoms with van der Waals surface area (Å²) >= 11 is 16.0. The molecule has 1 unspecified atom stereocenters. The molecular formula is C22H42N4O8S11. The van der Waals surface area contributed by atoms with E-state index in [2.05, 4.69) is 20.6 Å². The SMILES string of the molecule is O=C(NCSCSCSCN=CS(=O)CCCO)OCSCSCSCOOC=NCSCSCSCNC(=O)SCCCO. The van der Waals surface area contributed by atoms with Crippen LogP contribution in [-0.4, -0.2) is 128 Å². The quantitative estimate of drug-likeness (QED) is 0.0157. The first kappa shape index (κ1) is 46.4. The molecule has 0 heterocycles. The predicted molar refractivity (Wildman–Crippen MR) is 213 cm³/mol. The molecule has 2 amide bonds. The van der Waals surface area contributed by atoms with Crippen LogP contribution in [0.25, 0.3) is 0 Å². The summed E-state index contributed by atoms with van der Waals surface area (Å²) in [7, 11) is -1.10. The highest BCUT2D eigenvalue weighted by molar-refractivity contribution is 8.23. The van der Waals surface area contributed by atoms with Crippen LogP contribution in [0.3, 0.4) is 0 Å². The van der Waals surface area contributed by atoms with Gasteiger partial charge in [-0.15, -0.1) is 106 Å². The molecule has 0 aliphatic carbocycles. The van der Waals surface area contributed by atoms with Crippen molar-refractivity contribution in [2.24, 2.45) is 9.98 Å². The fourth-order valence-corrected chi connectivity index (χ4v) is 11.9. The number of carbonyl (C=O) groups is 2. The number of aliphatic hydroxyl groups excluding tert-OH is 2. The Bertz CT molecular complexity index is 783. The van der Waals surface area contributed by atoms with E-state index in [-0.39, 0.29) is 18.5 Å². The Morgan fingerprint density at radius 1 is 0.733 bits per heavy atom. The van der Waals surface area contributed by atoms with Crippen LogP contribution in [-0.2, 0) is 25.3 Å². The Labute approximate surface area is 311 Å². The van der Waals surface area contributed by atoms with Gasteiger partial charge in [0, 0.05) is 55.2 Å². The van der Waals surface area contributed by atoms with E-state index in [1.165, 1.54) is 35.5 Å². The van der Waals surface area contributed by atoms with Crippen LogP contribution in [0.5, 0.6) is 0 Å². The molecular weight excluding hydrogens is 801 g/mol. The molecule has 0 spiro atoms. The lowest BCUT2D eigenvalue weighted by atomic mass is 10.5. The van der Waals surface area contributed by atoms with Crippen LogP contribution in [0.4, 0.5) is 9.59 Å². The molecule has 0 bridgehead atoms. The summed E-state index contributed by atoms with van der Waals surface area (Å²) in [5, 5.41) is 27.9. The smallest absolute Gasteiger partial charge is 0.408 e. The van der Waals surface area contributed by atoms with Gasteiger partial charge in [0.25, 0.3) is 5.24 Å². The van der Waals surface area contributed by atoms with E-state index in [4.69, 9.17) is 24.7 Å². The number of alkyl carbamates (subject to hydrolysis) is 1. The predicted octanol–water partition coefficient (Wildman–Crippen LogP) is 5.76. The Morgan fingerprint density at radius 2 is 1.33 bits per heavy atom. The van der Waals surface area contributed by atoms with Crippen LogP contribution < -0.4 is 10.6 Å². The highest BCUT2D eigenvalue weighted by atomic mass is 32.2. The van der Waals surface area contributed by atoms with Gasteiger partial charge in [-0.2, -0.15) is 4.89 Å². The van der Waals surface area contributed by atoms with Gasteiger partial charge in [-0.25, -0.2) is 9.79 Å². The molecule has 0 aromatic carbocycles. The molecule has 23 heteroatoms. The number of ether oxygens (including phenoxy) is 1. The van der Waals surface area contributed by atoms with Gasteiger partial charge in [0.05, 0.1) is 39.9 Å². The maximum absolute atomic E-state index is 11.7. The van der Waals surface area contributed by atoms with Gasteiger partial charge in [-0.1, -0.05) is 11.8 Å².